The Morgan fingerprint density at radius 2 is 1.77 bits per heavy atom. The lowest BCUT2D eigenvalue weighted by molar-refractivity contribution is 0.101. The van der Waals surface area contributed by atoms with Gasteiger partial charge >= 0.3 is 0 Å². The van der Waals surface area contributed by atoms with Crippen LogP contribution in [0.4, 0.5) is 0 Å². The number of carbonyl (C=O) groups is 1. The second-order valence-corrected chi connectivity index (χ2v) is 5.45. The Kier molecular flexibility index (Phi) is 5.17. The average molecular weight is 354 g/mol. The zero-order valence-electron chi connectivity index (χ0n) is 14.7. The largest absolute Gasteiger partial charge is 0.493 e. The number of methoxy groups -OCH3 is 2. The van der Waals surface area contributed by atoms with Gasteiger partial charge in [-0.15, -0.1) is 0 Å². The summed E-state index contributed by atoms with van der Waals surface area (Å²) >= 11 is 0. The molecule has 0 amide bonds. The van der Waals surface area contributed by atoms with E-state index >= 15 is 0 Å². The van der Waals surface area contributed by atoms with Gasteiger partial charge in [0, 0.05) is 11.1 Å². The summed E-state index contributed by atoms with van der Waals surface area (Å²) in [5.74, 6) is 2.59. The summed E-state index contributed by atoms with van der Waals surface area (Å²) in [6.07, 6.45) is 0. The summed E-state index contributed by atoms with van der Waals surface area (Å²) < 4.78 is 21.3. The van der Waals surface area contributed by atoms with E-state index < -0.39 is 0 Å². The fourth-order valence-corrected chi connectivity index (χ4v) is 2.34. The molecule has 7 nitrogen and oxygen atoms in total. The monoisotopic (exact) mass is 354 g/mol. The predicted molar refractivity (Wildman–Crippen MR) is 93.6 cm³/mol. The van der Waals surface area contributed by atoms with Crippen LogP contribution in [0.1, 0.15) is 23.2 Å². The number of ether oxygens (including phenoxy) is 3. The first-order chi connectivity index (χ1) is 12.6. The Labute approximate surface area is 150 Å². The first-order valence-corrected chi connectivity index (χ1v) is 7.89. The van der Waals surface area contributed by atoms with Crippen LogP contribution in [0.5, 0.6) is 17.2 Å². The fourth-order valence-electron chi connectivity index (χ4n) is 2.34. The summed E-state index contributed by atoms with van der Waals surface area (Å²) in [5.41, 5.74) is 1.37. The number of ketones is 1. The van der Waals surface area contributed by atoms with Crippen molar-refractivity contribution in [2.75, 3.05) is 14.2 Å². The van der Waals surface area contributed by atoms with Crippen LogP contribution in [0, 0.1) is 0 Å². The van der Waals surface area contributed by atoms with Gasteiger partial charge in [-0.1, -0.05) is 5.16 Å². The molecule has 0 unspecified atom stereocenters. The van der Waals surface area contributed by atoms with E-state index in [1.807, 2.05) is 6.07 Å². The van der Waals surface area contributed by atoms with E-state index in [0.717, 1.165) is 5.56 Å². The van der Waals surface area contributed by atoms with Crippen molar-refractivity contribution >= 4 is 5.78 Å². The highest BCUT2D eigenvalue weighted by Gasteiger charge is 2.12. The van der Waals surface area contributed by atoms with Gasteiger partial charge in [-0.3, -0.25) is 4.79 Å². The quantitative estimate of drug-likeness (QED) is 0.600. The number of Topliss-reactive ketones (excluding diaryl/α,β-unsaturated/α-hetero) is 1. The minimum absolute atomic E-state index is 0.00742. The zero-order chi connectivity index (χ0) is 18.5. The Balaban J connectivity index is 1.69. The Hall–Kier alpha value is -3.35. The van der Waals surface area contributed by atoms with Crippen LogP contribution in [0.3, 0.4) is 0 Å². The second kappa shape index (κ2) is 7.69. The molecule has 134 valence electrons. The molecule has 0 spiro atoms. The van der Waals surface area contributed by atoms with Crippen molar-refractivity contribution in [3.8, 4) is 28.6 Å². The number of hydrogen-bond acceptors (Lipinski definition) is 7. The van der Waals surface area contributed by atoms with Gasteiger partial charge in [0.1, 0.15) is 5.75 Å². The van der Waals surface area contributed by atoms with Crippen LogP contribution in [0.2, 0.25) is 0 Å². The maximum Gasteiger partial charge on any atom is 0.264 e. The average Bonchev–Trinajstić information content (AvgIpc) is 3.15. The first-order valence-electron chi connectivity index (χ1n) is 7.89. The summed E-state index contributed by atoms with van der Waals surface area (Å²) in [7, 11) is 3.14. The molecule has 0 aliphatic carbocycles. The van der Waals surface area contributed by atoms with Crippen LogP contribution in [0.15, 0.2) is 47.0 Å². The third kappa shape index (κ3) is 3.83. The number of nitrogens with zero attached hydrogens (tertiary/aromatic N) is 2. The van der Waals surface area contributed by atoms with E-state index in [9.17, 15) is 4.79 Å². The molecule has 1 aromatic heterocycles. The van der Waals surface area contributed by atoms with Gasteiger partial charge in [-0.2, -0.15) is 4.98 Å². The zero-order valence-corrected chi connectivity index (χ0v) is 14.7. The highest BCUT2D eigenvalue weighted by molar-refractivity contribution is 5.94. The van der Waals surface area contributed by atoms with Gasteiger partial charge in [0.25, 0.3) is 5.89 Å². The van der Waals surface area contributed by atoms with Crippen LogP contribution in [-0.2, 0) is 6.61 Å². The molecule has 0 N–H and O–H groups in total. The molecule has 3 aromatic rings. The first kappa shape index (κ1) is 17.5. The van der Waals surface area contributed by atoms with Gasteiger partial charge in [-0.05, 0) is 49.4 Å². The molecule has 26 heavy (non-hydrogen) atoms. The third-order valence-corrected chi connectivity index (χ3v) is 3.73. The predicted octanol–water partition coefficient (Wildman–Crippen LogP) is 3.54. The van der Waals surface area contributed by atoms with Gasteiger partial charge in [0.05, 0.1) is 14.2 Å². The Morgan fingerprint density at radius 3 is 2.42 bits per heavy atom. The van der Waals surface area contributed by atoms with Crippen molar-refractivity contribution in [2.24, 2.45) is 0 Å². The maximum atomic E-state index is 11.3. The molecule has 0 aliphatic heterocycles. The van der Waals surface area contributed by atoms with Crippen LogP contribution in [0.25, 0.3) is 11.4 Å². The van der Waals surface area contributed by atoms with E-state index in [4.69, 9.17) is 18.7 Å². The standard InChI is InChI=1S/C19H18N2O5/c1-12(22)13-4-7-15(8-5-13)25-11-18-20-19(21-26-18)14-6-9-16(23-2)17(10-14)24-3/h4-10H,11H2,1-3H3. The van der Waals surface area contributed by atoms with E-state index in [1.54, 1.807) is 50.6 Å². The lowest BCUT2D eigenvalue weighted by Gasteiger charge is -2.07. The molecule has 0 bridgehead atoms. The highest BCUT2D eigenvalue weighted by atomic mass is 16.5. The molecule has 0 atom stereocenters. The van der Waals surface area contributed by atoms with Crippen LogP contribution in [-0.4, -0.2) is 30.1 Å². The molecular weight excluding hydrogens is 336 g/mol. The SMILES string of the molecule is COc1ccc(-c2noc(COc3ccc(C(C)=O)cc3)n2)cc1OC. The van der Waals surface area contributed by atoms with Crippen molar-refractivity contribution in [1.82, 2.24) is 10.1 Å². The number of hydrogen-bond donors (Lipinski definition) is 0. The fraction of sp³-hybridized carbons (Fsp3) is 0.211. The third-order valence-electron chi connectivity index (χ3n) is 3.73. The van der Waals surface area contributed by atoms with Gasteiger partial charge < -0.3 is 18.7 Å². The Bertz CT molecular complexity index is 903. The van der Waals surface area contributed by atoms with E-state index in [-0.39, 0.29) is 12.4 Å². The summed E-state index contributed by atoms with van der Waals surface area (Å²) in [5, 5.41) is 3.96. The van der Waals surface area contributed by atoms with Crippen LogP contribution >= 0.6 is 0 Å². The van der Waals surface area contributed by atoms with Crippen molar-refractivity contribution in [3.05, 3.63) is 53.9 Å². The normalized spacial score (nSPS) is 10.4. The Morgan fingerprint density at radius 1 is 1.04 bits per heavy atom. The highest BCUT2D eigenvalue weighted by Crippen LogP contribution is 2.31. The van der Waals surface area contributed by atoms with Crippen molar-refractivity contribution in [3.63, 3.8) is 0 Å². The summed E-state index contributed by atoms with van der Waals surface area (Å²) in [6.45, 7) is 1.64. The topological polar surface area (TPSA) is 83.7 Å². The van der Waals surface area contributed by atoms with E-state index in [2.05, 4.69) is 10.1 Å². The summed E-state index contributed by atoms with van der Waals surface area (Å²) in [4.78, 5) is 15.6. The number of carbonyl (C=O) groups excluding carboxylic acids is 1. The number of rotatable bonds is 7. The van der Waals surface area contributed by atoms with Gasteiger partial charge in [0.2, 0.25) is 5.82 Å². The molecule has 2 aromatic carbocycles. The van der Waals surface area contributed by atoms with Crippen molar-refractivity contribution in [1.29, 1.82) is 0 Å². The molecule has 0 radical (unpaired) electrons. The minimum atomic E-state index is 0.00742. The lowest BCUT2D eigenvalue weighted by Crippen LogP contribution is -1.97. The number of benzene rings is 2. The molecule has 0 saturated carbocycles. The second-order valence-electron chi connectivity index (χ2n) is 5.45. The molecular formula is C19H18N2O5. The van der Waals surface area contributed by atoms with E-state index in [0.29, 0.717) is 34.5 Å². The van der Waals surface area contributed by atoms with E-state index in [1.165, 1.54) is 6.92 Å². The molecule has 1 heterocycles. The van der Waals surface area contributed by atoms with Crippen LogP contribution < -0.4 is 14.2 Å². The molecule has 0 aliphatic rings. The lowest BCUT2D eigenvalue weighted by atomic mass is 10.1. The van der Waals surface area contributed by atoms with Gasteiger partial charge in [0.15, 0.2) is 23.9 Å². The molecule has 3 rings (SSSR count). The molecule has 0 saturated heterocycles. The maximum absolute atomic E-state index is 11.3. The van der Waals surface area contributed by atoms with Gasteiger partial charge in [-0.25, -0.2) is 0 Å². The number of aromatic nitrogens is 2. The molecule has 0 fully saturated rings. The van der Waals surface area contributed by atoms with Crippen molar-refractivity contribution in [2.45, 2.75) is 13.5 Å². The molecule has 7 heteroatoms. The summed E-state index contributed by atoms with van der Waals surface area (Å²) in [6, 6.07) is 12.2. The minimum Gasteiger partial charge on any atom is -0.493 e. The van der Waals surface area contributed by atoms with Crippen molar-refractivity contribution < 1.29 is 23.5 Å². The smallest absolute Gasteiger partial charge is 0.264 e.